The van der Waals surface area contributed by atoms with Crippen LogP contribution in [0.25, 0.3) is 33.3 Å². The van der Waals surface area contributed by atoms with Crippen molar-refractivity contribution in [3.8, 4) is 34.2 Å². The van der Waals surface area contributed by atoms with Crippen LogP contribution in [-0.2, 0) is 11.8 Å². The molecule has 3 aromatic heterocycles. The van der Waals surface area contributed by atoms with Crippen LogP contribution < -0.4 is 22.1 Å². The number of pyridine rings is 2. The van der Waals surface area contributed by atoms with E-state index in [-0.39, 0.29) is 10.8 Å². The molecule has 3 heterocycles. The highest BCUT2D eigenvalue weighted by Crippen LogP contribution is 2.44. The summed E-state index contributed by atoms with van der Waals surface area (Å²) in [5.41, 5.74) is 15.2. The van der Waals surface area contributed by atoms with Crippen molar-refractivity contribution in [2.75, 3.05) is 17.6 Å². The number of alkyl halides is 3. The van der Waals surface area contributed by atoms with E-state index in [0.29, 0.717) is 44.5 Å². The summed E-state index contributed by atoms with van der Waals surface area (Å²) in [5, 5.41) is 4.43. The standard InChI is InChI=1S/C30H24ClF4N7O2/c1-15(32)27(43)41-19-5-3-16(4-6-19)24-21(18-11-20(31)23(38-13-18)28(44)40-14-30(33,34)35)22-25(42(24)2)17(12-39-26(22)36)7-8-29(37)9-10-29/h3-6,11-13H,1,9-10,14,37H2,2H3,(H2,36,39)(H,40,44)(H,41,43). The fourth-order valence-corrected chi connectivity index (χ4v) is 4.84. The predicted octanol–water partition coefficient (Wildman–Crippen LogP) is 5.09. The number of nitrogens with one attached hydrogen (secondary N) is 2. The quantitative estimate of drug-likeness (QED) is 0.134. The van der Waals surface area contributed by atoms with Gasteiger partial charge in [0.2, 0.25) is 0 Å². The van der Waals surface area contributed by atoms with E-state index in [1.807, 2.05) is 4.57 Å². The van der Waals surface area contributed by atoms with Crippen molar-refractivity contribution >= 4 is 45.8 Å². The second-order valence-corrected chi connectivity index (χ2v) is 10.7. The first-order valence-electron chi connectivity index (χ1n) is 13.0. The molecule has 44 heavy (non-hydrogen) atoms. The molecule has 5 rings (SSSR count). The maximum atomic E-state index is 13.2. The minimum absolute atomic E-state index is 0.143. The number of carbonyl (C=O) groups excluding carboxylic acids is 2. The van der Waals surface area contributed by atoms with Gasteiger partial charge in [0.1, 0.15) is 18.1 Å². The molecule has 4 aromatic rings. The third-order valence-corrected chi connectivity index (χ3v) is 7.22. The Hall–Kier alpha value is -4.93. The van der Waals surface area contributed by atoms with E-state index in [9.17, 15) is 27.2 Å². The summed E-state index contributed by atoms with van der Waals surface area (Å²) in [4.78, 5) is 32.6. The molecule has 1 aliphatic carbocycles. The van der Waals surface area contributed by atoms with Crippen molar-refractivity contribution in [1.29, 1.82) is 0 Å². The number of amides is 2. The summed E-state index contributed by atoms with van der Waals surface area (Å²) in [6.07, 6.45) is -0.259. The lowest BCUT2D eigenvalue weighted by Gasteiger charge is -2.12. The van der Waals surface area contributed by atoms with Crippen LogP contribution in [0.15, 0.2) is 55.1 Å². The SMILES string of the molecule is C=C(F)C(=O)Nc1ccc(-c2c(-c3cnc(C(=O)NCC(F)(F)F)c(Cl)c3)c3c(N)ncc(C#CC4(N)CC4)c3n2C)cc1. The molecule has 226 valence electrons. The van der Waals surface area contributed by atoms with E-state index in [0.717, 1.165) is 12.8 Å². The van der Waals surface area contributed by atoms with E-state index in [1.165, 1.54) is 18.5 Å². The third-order valence-electron chi connectivity index (χ3n) is 6.93. The Morgan fingerprint density at radius 2 is 1.84 bits per heavy atom. The van der Waals surface area contributed by atoms with Gasteiger partial charge in [0, 0.05) is 36.3 Å². The van der Waals surface area contributed by atoms with Gasteiger partial charge in [-0.3, -0.25) is 9.59 Å². The van der Waals surface area contributed by atoms with Crippen LogP contribution in [0.5, 0.6) is 0 Å². The monoisotopic (exact) mass is 625 g/mol. The zero-order chi connectivity index (χ0) is 32.0. The molecule has 1 aromatic carbocycles. The maximum absolute atomic E-state index is 13.2. The molecule has 1 saturated carbocycles. The molecular weight excluding hydrogens is 602 g/mol. The topological polar surface area (TPSA) is 141 Å². The highest BCUT2D eigenvalue weighted by molar-refractivity contribution is 6.34. The van der Waals surface area contributed by atoms with Crippen LogP contribution in [0.3, 0.4) is 0 Å². The first kappa shape index (κ1) is 30.5. The largest absolute Gasteiger partial charge is 0.405 e. The molecule has 0 aliphatic heterocycles. The van der Waals surface area contributed by atoms with Crippen LogP contribution in [0.2, 0.25) is 5.02 Å². The van der Waals surface area contributed by atoms with Gasteiger partial charge in [0.25, 0.3) is 11.8 Å². The Kier molecular flexibility index (Phi) is 7.83. The fraction of sp³-hybridized carbons (Fsp3) is 0.200. The summed E-state index contributed by atoms with van der Waals surface area (Å²) in [5.74, 6) is 3.11. The lowest BCUT2D eigenvalue weighted by Crippen LogP contribution is -2.34. The van der Waals surface area contributed by atoms with Crippen molar-refractivity contribution in [1.82, 2.24) is 19.9 Å². The zero-order valence-corrected chi connectivity index (χ0v) is 23.8. The number of nitrogens with two attached hydrogens (primary N) is 2. The number of fused-ring (bicyclic) bond motifs is 1. The Balaban J connectivity index is 1.68. The number of nitrogen functional groups attached to an aromatic ring is 1. The average Bonchev–Trinajstić information content (AvgIpc) is 3.62. The number of rotatable bonds is 6. The molecule has 0 bridgehead atoms. The minimum Gasteiger partial charge on any atom is -0.383 e. The molecule has 0 atom stereocenters. The second kappa shape index (κ2) is 11.3. The van der Waals surface area contributed by atoms with Gasteiger partial charge in [-0.2, -0.15) is 13.2 Å². The van der Waals surface area contributed by atoms with E-state index < -0.39 is 41.6 Å². The summed E-state index contributed by atoms with van der Waals surface area (Å²) in [6, 6.07) is 7.87. The van der Waals surface area contributed by atoms with Gasteiger partial charge in [-0.05, 0) is 36.6 Å². The van der Waals surface area contributed by atoms with Crippen molar-refractivity contribution in [3.05, 3.63) is 71.4 Å². The molecule has 0 unspecified atom stereocenters. The molecule has 9 nitrogen and oxygen atoms in total. The number of halogens is 5. The van der Waals surface area contributed by atoms with Crippen molar-refractivity contribution < 1.29 is 27.2 Å². The van der Waals surface area contributed by atoms with Crippen molar-refractivity contribution in [2.24, 2.45) is 12.8 Å². The minimum atomic E-state index is -4.62. The summed E-state index contributed by atoms with van der Waals surface area (Å²) >= 11 is 6.38. The molecule has 0 radical (unpaired) electrons. The average molecular weight is 626 g/mol. The van der Waals surface area contributed by atoms with Gasteiger partial charge in [0.05, 0.1) is 32.7 Å². The fourth-order valence-electron chi connectivity index (χ4n) is 4.59. The lowest BCUT2D eigenvalue weighted by atomic mass is 9.98. The Morgan fingerprint density at radius 3 is 2.43 bits per heavy atom. The number of carbonyl (C=O) groups is 2. The molecule has 2 amide bonds. The Labute approximate surface area is 253 Å². The lowest BCUT2D eigenvalue weighted by molar-refractivity contribution is -0.123. The van der Waals surface area contributed by atoms with Crippen molar-refractivity contribution in [2.45, 2.75) is 24.6 Å². The molecule has 0 spiro atoms. The van der Waals surface area contributed by atoms with Gasteiger partial charge >= 0.3 is 6.18 Å². The molecule has 6 N–H and O–H groups in total. The summed E-state index contributed by atoms with van der Waals surface area (Å²) in [7, 11) is 1.78. The molecule has 1 fully saturated rings. The highest BCUT2D eigenvalue weighted by Gasteiger charge is 2.36. The van der Waals surface area contributed by atoms with Crippen LogP contribution in [0, 0.1) is 11.8 Å². The molecule has 1 aliphatic rings. The predicted molar refractivity (Wildman–Crippen MR) is 159 cm³/mol. The van der Waals surface area contributed by atoms with Gasteiger partial charge in [-0.25, -0.2) is 14.4 Å². The number of hydrogen-bond donors (Lipinski definition) is 4. The second-order valence-electron chi connectivity index (χ2n) is 10.3. The normalized spacial score (nSPS) is 13.6. The van der Waals surface area contributed by atoms with Gasteiger partial charge in [-0.15, -0.1) is 0 Å². The van der Waals surface area contributed by atoms with Gasteiger partial charge < -0.3 is 26.7 Å². The smallest absolute Gasteiger partial charge is 0.383 e. The van der Waals surface area contributed by atoms with Crippen molar-refractivity contribution in [3.63, 3.8) is 0 Å². The molecule has 0 saturated heterocycles. The first-order valence-corrected chi connectivity index (χ1v) is 13.4. The Bertz CT molecular complexity index is 1900. The van der Waals surface area contributed by atoms with Crippen LogP contribution >= 0.6 is 11.6 Å². The summed E-state index contributed by atoms with van der Waals surface area (Å²) < 4.78 is 53.0. The van der Waals surface area contributed by atoms with Gasteiger partial charge in [0.15, 0.2) is 5.83 Å². The summed E-state index contributed by atoms with van der Waals surface area (Å²) in [6.45, 7) is 1.43. The Morgan fingerprint density at radius 1 is 1.16 bits per heavy atom. The van der Waals surface area contributed by atoms with E-state index >= 15 is 0 Å². The number of hydrogen-bond acceptors (Lipinski definition) is 6. The van der Waals surface area contributed by atoms with E-state index in [2.05, 4.69) is 33.7 Å². The van der Waals surface area contributed by atoms with Crippen LogP contribution in [-0.4, -0.2) is 44.6 Å². The number of aromatic nitrogens is 3. The molecular formula is C30H24ClF4N7O2. The maximum Gasteiger partial charge on any atom is 0.405 e. The van der Waals surface area contributed by atoms with E-state index in [1.54, 1.807) is 36.6 Å². The number of anilines is 2. The number of aryl methyl sites for hydroxylation is 1. The van der Waals surface area contributed by atoms with Crippen LogP contribution in [0.1, 0.15) is 28.9 Å². The molecule has 14 heteroatoms. The zero-order valence-electron chi connectivity index (χ0n) is 23.1. The number of benzene rings is 1. The number of nitrogens with zero attached hydrogens (tertiary/aromatic N) is 3. The van der Waals surface area contributed by atoms with E-state index in [4.69, 9.17) is 23.1 Å². The third kappa shape index (κ3) is 6.22. The first-order chi connectivity index (χ1) is 20.7. The van der Waals surface area contributed by atoms with Crippen LogP contribution in [0.4, 0.5) is 29.1 Å². The van der Waals surface area contributed by atoms with Gasteiger partial charge in [-0.1, -0.05) is 42.2 Å². The highest BCUT2D eigenvalue weighted by atomic mass is 35.5.